The summed E-state index contributed by atoms with van der Waals surface area (Å²) < 4.78 is 20.4. The first kappa shape index (κ1) is 43.2. The number of aryl methyl sites for hydroxylation is 2. The summed E-state index contributed by atoms with van der Waals surface area (Å²) in [6.07, 6.45) is 2.34. The molecule has 5 aromatic rings. The van der Waals surface area contributed by atoms with Crippen LogP contribution in [0.3, 0.4) is 0 Å². The van der Waals surface area contributed by atoms with E-state index in [1.807, 2.05) is 19.9 Å². The minimum Gasteiger partial charge on any atom is -0.508 e. The van der Waals surface area contributed by atoms with Gasteiger partial charge in [-0.2, -0.15) is 5.10 Å². The van der Waals surface area contributed by atoms with Crippen molar-refractivity contribution in [1.82, 2.24) is 24.6 Å². The molecule has 17 heteroatoms. The first-order chi connectivity index (χ1) is 31.0. The van der Waals surface area contributed by atoms with Crippen molar-refractivity contribution in [2.24, 2.45) is 11.1 Å². The maximum atomic E-state index is 14.1. The summed E-state index contributed by atoms with van der Waals surface area (Å²) in [6.45, 7) is 8.95. The first-order valence-corrected chi connectivity index (χ1v) is 22.1. The van der Waals surface area contributed by atoms with E-state index in [0.717, 1.165) is 22.2 Å². The summed E-state index contributed by atoms with van der Waals surface area (Å²) in [5, 5.41) is 21.6. The fourth-order valence-electron chi connectivity index (χ4n) is 10.2. The monoisotopic (exact) mass is 885 g/mol. The third-order valence-corrected chi connectivity index (χ3v) is 13.3. The van der Waals surface area contributed by atoms with Crippen molar-refractivity contribution in [2.75, 3.05) is 11.9 Å². The van der Waals surface area contributed by atoms with Crippen molar-refractivity contribution in [3.63, 3.8) is 0 Å². The van der Waals surface area contributed by atoms with Crippen LogP contribution in [0.15, 0.2) is 47.3 Å². The van der Waals surface area contributed by atoms with Crippen molar-refractivity contribution in [1.29, 1.82) is 0 Å². The highest BCUT2D eigenvalue weighted by Gasteiger charge is 2.51. The number of Topliss-reactive ketones (excluding diaryl/α,β-unsaturated/α-hetero) is 1. The Labute approximate surface area is 373 Å². The van der Waals surface area contributed by atoms with Gasteiger partial charge >= 0.3 is 18.0 Å². The number of nitrogens with zero attached hydrogens (tertiary/aromatic N) is 4. The Balaban J connectivity index is 0.846. The fourth-order valence-corrected chi connectivity index (χ4v) is 10.2. The van der Waals surface area contributed by atoms with Gasteiger partial charge in [0, 0.05) is 34.7 Å². The summed E-state index contributed by atoms with van der Waals surface area (Å²) in [4.78, 5) is 84.5. The van der Waals surface area contributed by atoms with Crippen molar-refractivity contribution in [3.05, 3.63) is 97.6 Å². The van der Waals surface area contributed by atoms with E-state index in [-0.39, 0.29) is 53.7 Å². The van der Waals surface area contributed by atoms with Crippen LogP contribution >= 0.6 is 0 Å². The lowest BCUT2D eigenvalue weighted by Gasteiger charge is -2.35. The van der Waals surface area contributed by atoms with Gasteiger partial charge in [-0.05, 0) is 105 Å². The average molecular weight is 886 g/mol. The van der Waals surface area contributed by atoms with Gasteiger partial charge in [-0.3, -0.25) is 19.2 Å². The average Bonchev–Trinajstić information content (AvgIpc) is 3.80. The minimum atomic E-state index is -1.98. The summed E-state index contributed by atoms with van der Waals surface area (Å²) in [5.41, 5.74) is 10.7. The number of aromatic hydroxyl groups is 1. The van der Waals surface area contributed by atoms with Gasteiger partial charge in [0.05, 0.1) is 57.2 Å². The van der Waals surface area contributed by atoms with Gasteiger partial charge in [0.1, 0.15) is 25.0 Å². The van der Waals surface area contributed by atoms with Crippen LogP contribution in [-0.2, 0) is 55.4 Å². The molecule has 65 heavy (non-hydrogen) atoms. The summed E-state index contributed by atoms with van der Waals surface area (Å²) in [5.74, 6) is -1.98. The molecule has 0 bridgehead atoms. The molecule has 1 saturated carbocycles. The Kier molecular flexibility index (Phi) is 10.8. The SMILES string of the molecule is CCc1c2c(nc3ccc(O)cc13)-c1cc3c(c(=O)n1C2)COC(=O)[C@@]3(CC)OC(=O)NCC(=O)OC1CCC(Nc2cc(-n3nc(C)c4c3CC(C)(C)CC4=O)ccc2C(N)=O)CC1. The number of cyclic esters (lactones) is 1. The van der Waals surface area contributed by atoms with Crippen LogP contribution in [0.2, 0.25) is 0 Å². The van der Waals surface area contributed by atoms with E-state index in [9.17, 15) is 33.9 Å². The van der Waals surface area contributed by atoms with Gasteiger partial charge in [-0.25, -0.2) is 19.3 Å². The summed E-state index contributed by atoms with van der Waals surface area (Å²) in [6, 6.07) is 11.8. The maximum absolute atomic E-state index is 14.1. The second kappa shape index (κ2) is 16.2. The Hall–Kier alpha value is -7.04. The number of rotatable bonds is 10. The maximum Gasteiger partial charge on any atom is 0.409 e. The molecule has 4 aliphatic rings. The summed E-state index contributed by atoms with van der Waals surface area (Å²) >= 11 is 0. The van der Waals surface area contributed by atoms with E-state index < -0.39 is 47.7 Å². The second-order valence-electron chi connectivity index (χ2n) is 18.2. The number of ether oxygens (including phenoxy) is 3. The largest absolute Gasteiger partial charge is 0.508 e. The van der Waals surface area contributed by atoms with Gasteiger partial charge in [0.2, 0.25) is 5.60 Å². The van der Waals surface area contributed by atoms with E-state index in [0.29, 0.717) is 90.0 Å². The number of amides is 2. The van der Waals surface area contributed by atoms with Crippen LogP contribution in [0.1, 0.15) is 121 Å². The highest BCUT2D eigenvalue weighted by molar-refractivity contribution is 6.00. The molecular formula is C48H51N7O10. The molecule has 2 aliphatic carbocycles. The third kappa shape index (κ3) is 7.55. The van der Waals surface area contributed by atoms with Crippen molar-refractivity contribution in [3.8, 4) is 22.8 Å². The van der Waals surface area contributed by atoms with Crippen molar-refractivity contribution < 1.29 is 43.3 Å². The van der Waals surface area contributed by atoms with Gasteiger partial charge in [-0.15, -0.1) is 0 Å². The fraction of sp³-hybridized carbons (Fsp3) is 0.417. The number of nitrogens with two attached hydrogens (primary N) is 1. The number of fused-ring (bicyclic) bond motifs is 6. The van der Waals surface area contributed by atoms with E-state index >= 15 is 0 Å². The van der Waals surface area contributed by atoms with E-state index in [2.05, 4.69) is 24.5 Å². The number of carbonyl (C=O) groups is 5. The third-order valence-electron chi connectivity index (χ3n) is 13.3. The van der Waals surface area contributed by atoms with Crippen LogP contribution in [0.5, 0.6) is 5.75 Å². The number of phenolic OH excluding ortho intramolecular Hbond substituents is 1. The molecule has 0 radical (unpaired) electrons. The van der Waals surface area contributed by atoms with Crippen molar-refractivity contribution in [2.45, 2.75) is 117 Å². The quantitative estimate of drug-likeness (QED) is 0.0942. The molecule has 5 heterocycles. The molecule has 1 fully saturated rings. The number of primary amides is 1. The van der Waals surface area contributed by atoms with Crippen molar-refractivity contribution >= 4 is 46.3 Å². The number of nitrogens with one attached hydrogen (secondary N) is 2. The molecule has 2 amide bonds. The van der Waals surface area contributed by atoms with E-state index in [1.54, 1.807) is 52.6 Å². The molecule has 0 unspecified atom stereocenters. The zero-order chi connectivity index (χ0) is 46.1. The number of pyridine rings is 2. The molecule has 0 saturated heterocycles. The van der Waals surface area contributed by atoms with E-state index in [1.165, 1.54) is 0 Å². The first-order valence-electron chi connectivity index (χ1n) is 22.1. The number of ketones is 1. The van der Waals surface area contributed by atoms with Gasteiger partial charge < -0.3 is 40.3 Å². The number of esters is 2. The molecule has 17 nitrogen and oxygen atoms in total. The van der Waals surface area contributed by atoms with Crippen LogP contribution in [0.4, 0.5) is 10.5 Å². The van der Waals surface area contributed by atoms with Gasteiger partial charge in [0.15, 0.2) is 5.78 Å². The smallest absolute Gasteiger partial charge is 0.409 e. The number of alkyl carbamates (subject to hydrolysis) is 1. The number of phenols is 1. The van der Waals surface area contributed by atoms with Crippen LogP contribution < -0.4 is 21.9 Å². The lowest BCUT2D eigenvalue weighted by atomic mass is 9.75. The number of hydrogen-bond donors (Lipinski definition) is 4. The highest BCUT2D eigenvalue weighted by atomic mass is 16.6. The molecule has 2 aliphatic heterocycles. The number of anilines is 1. The topological polar surface area (TPSA) is 236 Å². The molecule has 3 aromatic heterocycles. The van der Waals surface area contributed by atoms with E-state index in [4.69, 9.17) is 30.0 Å². The Morgan fingerprint density at radius 1 is 1.00 bits per heavy atom. The lowest BCUT2D eigenvalue weighted by Crippen LogP contribution is -2.49. The summed E-state index contributed by atoms with van der Waals surface area (Å²) in [7, 11) is 0. The molecule has 338 valence electrons. The molecule has 9 rings (SSSR count). The zero-order valence-electron chi connectivity index (χ0n) is 37.0. The van der Waals surface area contributed by atoms with Crippen LogP contribution in [0, 0.1) is 12.3 Å². The number of hydrogen-bond acceptors (Lipinski definition) is 13. The molecule has 2 aromatic carbocycles. The molecule has 0 spiro atoms. The Bertz CT molecular complexity index is 2930. The standard InChI is InChI=1S/C48H51N7O10/c1-6-29-31-17-27(56)11-15-35(31)52-42-32(29)22-54-37(42)18-34-33(44(54)60)23-63-45(61)48(34,7-2)65-46(62)50-21-40(58)64-28-12-8-25(9-13-28)51-36-16-26(10-14-30(36)43(49)59)55-38-19-47(4,5)20-39(57)41(38)24(3)53-55/h10-11,14-18,25,28,51,56H,6-9,12-13,19-23H2,1-5H3,(H2,49,59)(H,50,62)/t25?,28?,48-/m0/s1. The predicted octanol–water partition coefficient (Wildman–Crippen LogP) is 5.80. The Morgan fingerprint density at radius 3 is 2.49 bits per heavy atom. The molecule has 5 N–H and O–H groups in total. The van der Waals surface area contributed by atoms with Crippen LogP contribution in [0.25, 0.3) is 28.0 Å². The lowest BCUT2D eigenvalue weighted by molar-refractivity contribution is -0.172. The molecular weight excluding hydrogens is 835 g/mol. The predicted molar refractivity (Wildman–Crippen MR) is 237 cm³/mol. The number of carbonyl (C=O) groups excluding carboxylic acids is 5. The number of aromatic nitrogens is 4. The highest BCUT2D eigenvalue weighted by Crippen LogP contribution is 2.43. The van der Waals surface area contributed by atoms with Crippen LogP contribution in [-0.4, -0.2) is 72.9 Å². The molecule has 1 atom stereocenters. The van der Waals surface area contributed by atoms with Gasteiger partial charge in [-0.1, -0.05) is 27.7 Å². The zero-order valence-corrected chi connectivity index (χ0v) is 37.0. The minimum absolute atomic E-state index is 0.0657. The normalized spacial score (nSPS) is 20.5. The van der Waals surface area contributed by atoms with Gasteiger partial charge in [0.25, 0.3) is 11.5 Å². The Morgan fingerprint density at radius 2 is 1.77 bits per heavy atom. The number of benzene rings is 2. The second-order valence-corrected chi connectivity index (χ2v) is 18.2.